The Hall–Kier alpha value is -2.17. The SMILES string of the molecule is CCC1(C(=O)O)CCN(c2cnc3ccccc3n2)C1. The molecular weight excluding hydrogens is 254 g/mol. The Morgan fingerprint density at radius 1 is 1.40 bits per heavy atom. The molecule has 2 heterocycles. The first-order valence-electron chi connectivity index (χ1n) is 6.85. The average molecular weight is 271 g/mol. The van der Waals surface area contributed by atoms with Crippen molar-refractivity contribution in [2.75, 3.05) is 18.0 Å². The van der Waals surface area contributed by atoms with E-state index in [1.165, 1.54) is 0 Å². The lowest BCUT2D eigenvalue weighted by molar-refractivity contribution is -0.147. The zero-order valence-electron chi connectivity index (χ0n) is 11.4. The van der Waals surface area contributed by atoms with Crippen LogP contribution in [0.5, 0.6) is 0 Å². The summed E-state index contributed by atoms with van der Waals surface area (Å²) >= 11 is 0. The fourth-order valence-corrected chi connectivity index (χ4v) is 2.78. The van der Waals surface area contributed by atoms with Gasteiger partial charge in [0.2, 0.25) is 0 Å². The molecule has 1 aliphatic rings. The van der Waals surface area contributed by atoms with E-state index in [-0.39, 0.29) is 0 Å². The monoisotopic (exact) mass is 271 g/mol. The predicted octanol–water partition coefficient (Wildman–Crippen LogP) is 2.32. The normalized spacial score (nSPS) is 22.4. The predicted molar refractivity (Wildman–Crippen MR) is 76.7 cm³/mol. The number of hydrogen-bond donors (Lipinski definition) is 1. The van der Waals surface area contributed by atoms with E-state index >= 15 is 0 Å². The van der Waals surface area contributed by atoms with Crippen LogP contribution in [0.2, 0.25) is 0 Å². The van der Waals surface area contributed by atoms with E-state index in [0.29, 0.717) is 25.9 Å². The van der Waals surface area contributed by atoms with Crippen molar-refractivity contribution in [3.63, 3.8) is 0 Å². The van der Waals surface area contributed by atoms with Crippen molar-refractivity contribution in [2.45, 2.75) is 19.8 Å². The molecule has 1 aromatic heterocycles. The maximum absolute atomic E-state index is 11.5. The van der Waals surface area contributed by atoms with Crippen LogP contribution in [-0.4, -0.2) is 34.1 Å². The summed E-state index contributed by atoms with van der Waals surface area (Å²) in [6, 6.07) is 7.70. The molecule has 0 saturated carbocycles. The number of nitrogens with zero attached hydrogens (tertiary/aromatic N) is 3. The van der Waals surface area contributed by atoms with E-state index in [9.17, 15) is 9.90 Å². The second kappa shape index (κ2) is 4.74. The average Bonchev–Trinajstić information content (AvgIpc) is 2.92. The van der Waals surface area contributed by atoms with E-state index in [2.05, 4.69) is 9.97 Å². The number of anilines is 1. The molecule has 0 amide bonds. The van der Waals surface area contributed by atoms with Crippen LogP contribution in [0, 0.1) is 5.41 Å². The molecule has 1 fully saturated rings. The molecule has 5 heteroatoms. The number of carbonyl (C=O) groups is 1. The van der Waals surface area contributed by atoms with E-state index in [0.717, 1.165) is 16.9 Å². The van der Waals surface area contributed by atoms with Gasteiger partial charge in [0.25, 0.3) is 0 Å². The number of benzene rings is 1. The van der Waals surface area contributed by atoms with Crippen molar-refractivity contribution in [3.8, 4) is 0 Å². The minimum atomic E-state index is -0.712. The number of aromatic nitrogens is 2. The molecule has 20 heavy (non-hydrogen) atoms. The Labute approximate surface area is 117 Å². The molecule has 0 radical (unpaired) electrons. The van der Waals surface area contributed by atoms with Crippen LogP contribution in [0.4, 0.5) is 5.82 Å². The zero-order chi connectivity index (χ0) is 14.2. The van der Waals surface area contributed by atoms with Gasteiger partial charge in [0.05, 0.1) is 22.6 Å². The van der Waals surface area contributed by atoms with Crippen LogP contribution in [-0.2, 0) is 4.79 Å². The lowest BCUT2D eigenvalue weighted by Crippen LogP contribution is -2.34. The standard InChI is InChI=1S/C15H17N3O2/c1-2-15(14(19)20)7-8-18(10-15)13-9-16-11-5-3-4-6-12(11)17-13/h3-6,9H,2,7-8,10H2,1H3,(H,19,20). The highest BCUT2D eigenvalue weighted by Crippen LogP contribution is 2.36. The molecule has 2 aromatic rings. The minimum Gasteiger partial charge on any atom is -0.481 e. The molecular formula is C15H17N3O2. The molecule has 1 atom stereocenters. The highest BCUT2D eigenvalue weighted by molar-refractivity contribution is 5.78. The molecule has 1 aromatic carbocycles. The number of rotatable bonds is 3. The van der Waals surface area contributed by atoms with Gasteiger partial charge in [-0.15, -0.1) is 0 Å². The molecule has 1 aliphatic heterocycles. The largest absolute Gasteiger partial charge is 0.481 e. The van der Waals surface area contributed by atoms with Gasteiger partial charge in [0.15, 0.2) is 0 Å². The van der Waals surface area contributed by atoms with Crippen LogP contribution in [0.15, 0.2) is 30.5 Å². The third kappa shape index (κ3) is 1.99. The van der Waals surface area contributed by atoms with Crippen LogP contribution >= 0.6 is 0 Å². The summed E-state index contributed by atoms with van der Waals surface area (Å²) < 4.78 is 0. The third-order valence-corrected chi connectivity index (χ3v) is 4.24. The zero-order valence-corrected chi connectivity index (χ0v) is 11.4. The van der Waals surface area contributed by atoms with E-state index in [4.69, 9.17) is 0 Å². The Morgan fingerprint density at radius 3 is 2.80 bits per heavy atom. The fourth-order valence-electron chi connectivity index (χ4n) is 2.78. The van der Waals surface area contributed by atoms with Crippen molar-refractivity contribution in [1.29, 1.82) is 0 Å². The summed E-state index contributed by atoms with van der Waals surface area (Å²) in [4.78, 5) is 22.5. The highest BCUT2D eigenvalue weighted by atomic mass is 16.4. The van der Waals surface area contributed by atoms with Crippen LogP contribution in [0.25, 0.3) is 11.0 Å². The summed E-state index contributed by atoms with van der Waals surface area (Å²) in [6.07, 6.45) is 3.03. The fraction of sp³-hybridized carbons (Fsp3) is 0.400. The maximum atomic E-state index is 11.5. The maximum Gasteiger partial charge on any atom is 0.311 e. The summed E-state index contributed by atoms with van der Waals surface area (Å²) in [6.45, 7) is 3.16. The lowest BCUT2D eigenvalue weighted by atomic mass is 9.84. The minimum absolute atomic E-state index is 0.506. The van der Waals surface area contributed by atoms with Crippen molar-refractivity contribution in [3.05, 3.63) is 30.5 Å². The highest BCUT2D eigenvalue weighted by Gasteiger charge is 2.43. The number of carboxylic acids is 1. The number of aliphatic carboxylic acids is 1. The van der Waals surface area contributed by atoms with Gasteiger partial charge in [-0.05, 0) is 25.0 Å². The van der Waals surface area contributed by atoms with Gasteiger partial charge in [-0.25, -0.2) is 4.98 Å². The van der Waals surface area contributed by atoms with Crippen molar-refractivity contribution in [1.82, 2.24) is 9.97 Å². The summed E-state index contributed by atoms with van der Waals surface area (Å²) in [5.74, 6) is 0.0523. The topological polar surface area (TPSA) is 66.3 Å². The van der Waals surface area contributed by atoms with Gasteiger partial charge in [0, 0.05) is 13.1 Å². The van der Waals surface area contributed by atoms with Gasteiger partial charge in [-0.3, -0.25) is 9.78 Å². The van der Waals surface area contributed by atoms with Gasteiger partial charge < -0.3 is 10.0 Å². The molecule has 0 spiro atoms. The molecule has 104 valence electrons. The molecule has 1 N–H and O–H groups in total. The van der Waals surface area contributed by atoms with Crippen molar-refractivity contribution < 1.29 is 9.90 Å². The summed E-state index contributed by atoms with van der Waals surface area (Å²) in [5, 5.41) is 9.44. The van der Waals surface area contributed by atoms with E-state index < -0.39 is 11.4 Å². The first-order chi connectivity index (χ1) is 9.64. The second-order valence-electron chi connectivity index (χ2n) is 5.33. The Balaban J connectivity index is 1.91. The summed E-state index contributed by atoms with van der Waals surface area (Å²) in [5.41, 5.74) is 1.05. The van der Waals surface area contributed by atoms with Gasteiger partial charge in [-0.1, -0.05) is 19.1 Å². The molecule has 0 bridgehead atoms. The molecule has 1 saturated heterocycles. The van der Waals surface area contributed by atoms with E-state index in [1.807, 2.05) is 36.1 Å². The van der Waals surface area contributed by atoms with E-state index in [1.54, 1.807) is 6.20 Å². The quantitative estimate of drug-likeness (QED) is 0.928. The Morgan fingerprint density at radius 2 is 2.15 bits per heavy atom. The number of fused-ring (bicyclic) bond motifs is 1. The second-order valence-corrected chi connectivity index (χ2v) is 5.33. The smallest absolute Gasteiger partial charge is 0.311 e. The molecule has 1 unspecified atom stereocenters. The number of para-hydroxylation sites is 2. The van der Waals surface area contributed by atoms with Crippen molar-refractivity contribution >= 4 is 22.8 Å². The first-order valence-corrected chi connectivity index (χ1v) is 6.85. The molecule has 0 aliphatic carbocycles. The van der Waals surface area contributed by atoms with Crippen LogP contribution in [0.1, 0.15) is 19.8 Å². The van der Waals surface area contributed by atoms with Gasteiger partial charge in [-0.2, -0.15) is 0 Å². The third-order valence-electron chi connectivity index (χ3n) is 4.24. The van der Waals surface area contributed by atoms with Gasteiger partial charge >= 0.3 is 5.97 Å². The summed E-state index contributed by atoms with van der Waals surface area (Å²) in [7, 11) is 0. The number of hydrogen-bond acceptors (Lipinski definition) is 4. The lowest BCUT2D eigenvalue weighted by Gasteiger charge is -2.23. The van der Waals surface area contributed by atoms with Crippen LogP contribution < -0.4 is 4.90 Å². The van der Waals surface area contributed by atoms with Gasteiger partial charge in [0.1, 0.15) is 5.82 Å². The Bertz CT molecular complexity index is 658. The molecule has 3 rings (SSSR count). The Kier molecular flexibility index (Phi) is 3.04. The molecule has 5 nitrogen and oxygen atoms in total. The van der Waals surface area contributed by atoms with Crippen molar-refractivity contribution in [2.24, 2.45) is 5.41 Å². The first kappa shape index (κ1) is 12.8. The number of carboxylic acid groups (broad SMARTS) is 1. The van der Waals surface area contributed by atoms with Crippen LogP contribution in [0.3, 0.4) is 0 Å².